The van der Waals surface area contributed by atoms with E-state index in [1.54, 1.807) is 14.2 Å². The average Bonchev–Trinajstić information content (AvgIpc) is 2.42. The minimum absolute atomic E-state index is 0.00131. The number of methoxy groups -OCH3 is 2. The topological polar surface area (TPSA) is 69.4 Å². The van der Waals surface area contributed by atoms with Crippen molar-refractivity contribution in [3.8, 4) is 0 Å². The van der Waals surface area contributed by atoms with E-state index >= 15 is 0 Å². The highest BCUT2D eigenvalue weighted by atomic mass is 16.5. The molecule has 1 atom stereocenters. The Labute approximate surface area is 121 Å². The van der Waals surface area contributed by atoms with E-state index in [2.05, 4.69) is 37.1 Å². The van der Waals surface area contributed by atoms with Gasteiger partial charge < -0.3 is 20.5 Å². The maximum Gasteiger partial charge on any atom is 0.126 e. The lowest BCUT2D eigenvalue weighted by Gasteiger charge is -2.21. The molecule has 5 heteroatoms. The number of nitrogens with two attached hydrogens (primary N) is 1. The van der Waals surface area contributed by atoms with Gasteiger partial charge in [0.2, 0.25) is 0 Å². The van der Waals surface area contributed by atoms with E-state index in [9.17, 15) is 0 Å². The van der Waals surface area contributed by atoms with Gasteiger partial charge in [0.05, 0.1) is 12.7 Å². The Morgan fingerprint density at radius 2 is 2.00 bits per heavy atom. The van der Waals surface area contributed by atoms with Crippen LogP contribution in [0, 0.1) is 0 Å². The summed E-state index contributed by atoms with van der Waals surface area (Å²) in [6.45, 7) is 8.13. The number of nitrogens with one attached hydrogen (secondary N) is 1. The van der Waals surface area contributed by atoms with Crippen molar-refractivity contribution in [1.29, 1.82) is 0 Å². The zero-order valence-corrected chi connectivity index (χ0v) is 13.2. The van der Waals surface area contributed by atoms with Crippen molar-refractivity contribution in [3.63, 3.8) is 0 Å². The summed E-state index contributed by atoms with van der Waals surface area (Å²) in [6, 6.07) is 4.04. The van der Waals surface area contributed by atoms with E-state index in [1.165, 1.54) is 0 Å². The van der Waals surface area contributed by atoms with Crippen LogP contribution in [0.2, 0.25) is 0 Å². The summed E-state index contributed by atoms with van der Waals surface area (Å²) in [4.78, 5) is 4.66. The normalized spacial score (nSPS) is 13.3. The van der Waals surface area contributed by atoms with Crippen LogP contribution in [0.4, 0.5) is 5.82 Å². The summed E-state index contributed by atoms with van der Waals surface area (Å²) in [6.07, 6.45) is 0.00131. The molecule has 0 amide bonds. The van der Waals surface area contributed by atoms with Crippen molar-refractivity contribution in [1.82, 2.24) is 4.98 Å². The lowest BCUT2D eigenvalue weighted by Crippen LogP contribution is -2.27. The van der Waals surface area contributed by atoms with Crippen LogP contribution in [0.1, 0.15) is 32.0 Å². The zero-order valence-electron chi connectivity index (χ0n) is 13.2. The van der Waals surface area contributed by atoms with Gasteiger partial charge in [0.1, 0.15) is 5.82 Å². The first-order valence-corrected chi connectivity index (χ1v) is 6.87. The van der Waals surface area contributed by atoms with Crippen LogP contribution in [-0.2, 0) is 21.4 Å². The standard InChI is InChI=1S/C15H27N3O2/c1-15(2,3)13-6-11(8-16)7-14(18-13)17-9-12(20-5)10-19-4/h6-7,12H,8-10,16H2,1-5H3,(H,17,18). The zero-order chi connectivity index (χ0) is 15.2. The highest BCUT2D eigenvalue weighted by molar-refractivity contribution is 5.41. The Morgan fingerprint density at radius 1 is 1.30 bits per heavy atom. The Hall–Kier alpha value is -1.17. The number of ether oxygens (including phenoxy) is 2. The molecule has 1 unspecified atom stereocenters. The Morgan fingerprint density at radius 3 is 2.50 bits per heavy atom. The predicted octanol–water partition coefficient (Wildman–Crippen LogP) is 1.91. The molecule has 0 bridgehead atoms. The molecule has 0 aliphatic heterocycles. The summed E-state index contributed by atoms with van der Waals surface area (Å²) < 4.78 is 10.4. The first kappa shape index (κ1) is 16.9. The summed E-state index contributed by atoms with van der Waals surface area (Å²) in [5.74, 6) is 0.830. The van der Waals surface area contributed by atoms with Crippen LogP contribution in [0.25, 0.3) is 0 Å². The van der Waals surface area contributed by atoms with Gasteiger partial charge in [-0.25, -0.2) is 4.98 Å². The van der Waals surface area contributed by atoms with Gasteiger partial charge in [0, 0.05) is 38.4 Å². The fraction of sp³-hybridized carbons (Fsp3) is 0.667. The number of aromatic nitrogens is 1. The van der Waals surface area contributed by atoms with Crippen LogP contribution < -0.4 is 11.1 Å². The van der Waals surface area contributed by atoms with Crippen molar-refractivity contribution < 1.29 is 9.47 Å². The third-order valence-corrected chi connectivity index (χ3v) is 3.09. The SMILES string of the molecule is COCC(CNc1cc(CN)cc(C(C)(C)C)n1)OC. The summed E-state index contributed by atoms with van der Waals surface area (Å²) in [5, 5.41) is 3.30. The van der Waals surface area contributed by atoms with Gasteiger partial charge >= 0.3 is 0 Å². The van der Waals surface area contributed by atoms with E-state index in [4.69, 9.17) is 15.2 Å². The van der Waals surface area contributed by atoms with Gasteiger partial charge in [-0.05, 0) is 17.7 Å². The molecule has 20 heavy (non-hydrogen) atoms. The second kappa shape index (κ2) is 7.57. The highest BCUT2D eigenvalue weighted by Crippen LogP contribution is 2.23. The lowest BCUT2D eigenvalue weighted by molar-refractivity contribution is 0.0365. The number of pyridine rings is 1. The molecule has 0 aliphatic carbocycles. The molecule has 1 rings (SSSR count). The molecule has 1 aromatic rings. The highest BCUT2D eigenvalue weighted by Gasteiger charge is 2.17. The van der Waals surface area contributed by atoms with Crippen LogP contribution in [-0.4, -0.2) is 38.5 Å². The molecular formula is C15H27N3O2. The molecule has 1 aromatic heterocycles. The average molecular weight is 281 g/mol. The van der Waals surface area contributed by atoms with E-state index in [0.29, 0.717) is 19.7 Å². The molecule has 3 N–H and O–H groups in total. The predicted molar refractivity (Wildman–Crippen MR) is 82.0 cm³/mol. The third kappa shape index (κ3) is 5.07. The molecular weight excluding hydrogens is 254 g/mol. The summed E-state index contributed by atoms with van der Waals surface area (Å²) >= 11 is 0. The second-order valence-corrected chi connectivity index (χ2v) is 5.89. The number of nitrogens with zero attached hydrogens (tertiary/aromatic N) is 1. The third-order valence-electron chi connectivity index (χ3n) is 3.09. The van der Waals surface area contributed by atoms with Gasteiger partial charge in [-0.1, -0.05) is 20.8 Å². The molecule has 114 valence electrons. The van der Waals surface area contributed by atoms with E-state index < -0.39 is 0 Å². The molecule has 0 saturated carbocycles. The minimum atomic E-state index is -0.00516. The number of rotatable bonds is 7. The molecule has 0 aliphatic rings. The van der Waals surface area contributed by atoms with Gasteiger partial charge in [0.25, 0.3) is 0 Å². The molecule has 0 fully saturated rings. The minimum Gasteiger partial charge on any atom is -0.382 e. The van der Waals surface area contributed by atoms with Crippen molar-refractivity contribution in [2.24, 2.45) is 5.73 Å². The molecule has 0 spiro atoms. The first-order chi connectivity index (χ1) is 9.40. The van der Waals surface area contributed by atoms with Crippen molar-refractivity contribution >= 4 is 5.82 Å². The second-order valence-electron chi connectivity index (χ2n) is 5.89. The van der Waals surface area contributed by atoms with Crippen LogP contribution in [0.3, 0.4) is 0 Å². The monoisotopic (exact) mass is 281 g/mol. The molecule has 5 nitrogen and oxygen atoms in total. The number of hydrogen-bond donors (Lipinski definition) is 2. The maximum absolute atomic E-state index is 5.76. The summed E-state index contributed by atoms with van der Waals surface area (Å²) in [5.41, 5.74) is 7.86. The van der Waals surface area contributed by atoms with Crippen molar-refractivity contribution in [2.45, 2.75) is 38.8 Å². The maximum atomic E-state index is 5.76. The number of hydrogen-bond acceptors (Lipinski definition) is 5. The fourth-order valence-corrected chi connectivity index (χ4v) is 1.79. The van der Waals surface area contributed by atoms with Gasteiger partial charge in [0.15, 0.2) is 0 Å². The van der Waals surface area contributed by atoms with Crippen LogP contribution in [0.15, 0.2) is 12.1 Å². The first-order valence-electron chi connectivity index (χ1n) is 6.87. The van der Waals surface area contributed by atoms with Gasteiger partial charge in [-0.15, -0.1) is 0 Å². The Kier molecular flexibility index (Phi) is 6.39. The Balaban J connectivity index is 2.84. The van der Waals surface area contributed by atoms with Gasteiger partial charge in [-0.3, -0.25) is 0 Å². The molecule has 0 saturated heterocycles. The van der Waals surface area contributed by atoms with Crippen LogP contribution >= 0.6 is 0 Å². The van der Waals surface area contributed by atoms with Gasteiger partial charge in [-0.2, -0.15) is 0 Å². The molecule has 0 radical (unpaired) electrons. The van der Waals surface area contributed by atoms with E-state index in [-0.39, 0.29) is 11.5 Å². The largest absolute Gasteiger partial charge is 0.382 e. The van der Waals surface area contributed by atoms with Crippen LogP contribution in [0.5, 0.6) is 0 Å². The summed E-state index contributed by atoms with van der Waals surface area (Å²) in [7, 11) is 3.34. The quantitative estimate of drug-likeness (QED) is 0.799. The molecule has 1 heterocycles. The van der Waals surface area contributed by atoms with Crippen molar-refractivity contribution in [2.75, 3.05) is 32.7 Å². The fourth-order valence-electron chi connectivity index (χ4n) is 1.79. The number of anilines is 1. The Bertz CT molecular complexity index is 416. The van der Waals surface area contributed by atoms with E-state index in [0.717, 1.165) is 17.1 Å². The molecule has 0 aromatic carbocycles. The van der Waals surface area contributed by atoms with Crippen molar-refractivity contribution in [3.05, 3.63) is 23.4 Å². The lowest BCUT2D eigenvalue weighted by atomic mass is 9.91. The smallest absolute Gasteiger partial charge is 0.126 e. The van der Waals surface area contributed by atoms with E-state index in [1.807, 2.05) is 6.07 Å².